The number of ether oxygens (including phenoxy) is 1. The summed E-state index contributed by atoms with van der Waals surface area (Å²) in [6.45, 7) is 6.12. The Bertz CT molecular complexity index is 425. The van der Waals surface area contributed by atoms with E-state index in [9.17, 15) is 5.11 Å². The van der Waals surface area contributed by atoms with Gasteiger partial charge in [0.05, 0.1) is 12.0 Å². The molecule has 0 radical (unpaired) electrons. The first-order chi connectivity index (χ1) is 9.52. The van der Waals surface area contributed by atoms with Crippen molar-refractivity contribution in [3.63, 3.8) is 0 Å². The fourth-order valence-electron chi connectivity index (χ4n) is 2.87. The molecule has 2 unspecified atom stereocenters. The van der Waals surface area contributed by atoms with Crippen molar-refractivity contribution in [2.24, 2.45) is 5.92 Å². The predicted molar refractivity (Wildman–Crippen MR) is 75.3 cm³/mol. The molecule has 1 saturated carbocycles. The van der Waals surface area contributed by atoms with Crippen LogP contribution in [-0.4, -0.2) is 28.5 Å². The first-order valence-corrected chi connectivity index (χ1v) is 7.59. The molecule has 0 aromatic carbocycles. The Morgan fingerprint density at radius 3 is 2.65 bits per heavy atom. The molecule has 1 aromatic rings. The average molecular weight is 282 g/mol. The maximum Gasteiger partial charge on any atom is 0.232 e. The van der Waals surface area contributed by atoms with Crippen LogP contribution < -0.4 is 0 Å². The highest BCUT2D eigenvalue weighted by molar-refractivity contribution is 5.06. The van der Waals surface area contributed by atoms with Gasteiger partial charge in [-0.25, -0.2) is 0 Å². The number of methoxy groups -OCH3 is 1. The van der Waals surface area contributed by atoms with Crippen LogP contribution in [0.2, 0.25) is 0 Å². The van der Waals surface area contributed by atoms with Gasteiger partial charge in [0.15, 0.2) is 0 Å². The minimum atomic E-state index is -0.451. The van der Waals surface area contributed by atoms with Gasteiger partial charge in [-0.15, -0.1) is 0 Å². The van der Waals surface area contributed by atoms with Gasteiger partial charge in [-0.05, 0) is 38.0 Å². The van der Waals surface area contributed by atoms with Crippen LogP contribution in [0.1, 0.15) is 70.5 Å². The number of nitrogens with zero attached hydrogens (tertiary/aromatic N) is 2. The third kappa shape index (κ3) is 2.88. The van der Waals surface area contributed by atoms with Crippen molar-refractivity contribution in [1.29, 1.82) is 0 Å². The molecule has 20 heavy (non-hydrogen) atoms. The molecule has 0 spiro atoms. The van der Waals surface area contributed by atoms with Crippen molar-refractivity contribution >= 4 is 0 Å². The fourth-order valence-corrected chi connectivity index (χ4v) is 2.87. The van der Waals surface area contributed by atoms with Gasteiger partial charge in [0.2, 0.25) is 11.7 Å². The van der Waals surface area contributed by atoms with Gasteiger partial charge in [-0.1, -0.05) is 25.9 Å². The van der Waals surface area contributed by atoms with Gasteiger partial charge in [-0.3, -0.25) is 0 Å². The summed E-state index contributed by atoms with van der Waals surface area (Å²) in [7, 11) is 1.72. The first kappa shape index (κ1) is 15.4. The zero-order valence-electron chi connectivity index (χ0n) is 12.9. The minimum absolute atomic E-state index is 0.141. The van der Waals surface area contributed by atoms with Gasteiger partial charge in [-0.2, -0.15) is 4.98 Å². The Balaban J connectivity index is 2.18. The van der Waals surface area contributed by atoms with Gasteiger partial charge in [0.25, 0.3) is 0 Å². The van der Waals surface area contributed by atoms with Crippen molar-refractivity contribution in [2.45, 2.75) is 70.5 Å². The molecular weight excluding hydrogens is 256 g/mol. The summed E-state index contributed by atoms with van der Waals surface area (Å²) in [5.74, 6) is 1.73. The van der Waals surface area contributed by atoms with E-state index >= 15 is 0 Å². The second-order valence-corrected chi connectivity index (χ2v) is 6.10. The summed E-state index contributed by atoms with van der Waals surface area (Å²) in [5, 5.41) is 14.0. The molecule has 1 heterocycles. The summed E-state index contributed by atoms with van der Waals surface area (Å²) in [6, 6.07) is 0. The second-order valence-electron chi connectivity index (χ2n) is 6.10. The molecule has 2 atom stereocenters. The lowest BCUT2D eigenvalue weighted by molar-refractivity contribution is -0.0609. The Hall–Kier alpha value is -0.940. The third-order valence-corrected chi connectivity index (χ3v) is 4.71. The van der Waals surface area contributed by atoms with E-state index in [0.29, 0.717) is 18.1 Å². The van der Waals surface area contributed by atoms with Crippen LogP contribution in [0.5, 0.6) is 0 Å². The monoisotopic (exact) mass is 282 g/mol. The normalized spacial score (nSPS) is 30.1. The molecule has 0 amide bonds. The minimum Gasteiger partial charge on any atom is -0.392 e. The Morgan fingerprint density at radius 1 is 1.45 bits per heavy atom. The van der Waals surface area contributed by atoms with Crippen LogP contribution in [0.4, 0.5) is 0 Å². The lowest BCUT2D eigenvalue weighted by atomic mass is 9.79. The van der Waals surface area contributed by atoms with Crippen LogP contribution in [0, 0.1) is 5.92 Å². The van der Waals surface area contributed by atoms with E-state index in [1.807, 2.05) is 13.8 Å². The van der Waals surface area contributed by atoms with E-state index in [2.05, 4.69) is 17.1 Å². The van der Waals surface area contributed by atoms with E-state index in [0.717, 1.165) is 31.6 Å². The molecule has 0 aliphatic heterocycles. The molecule has 114 valence electrons. The maximum atomic E-state index is 9.90. The second kappa shape index (κ2) is 6.22. The van der Waals surface area contributed by atoms with Crippen LogP contribution in [0.15, 0.2) is 4.52 Å². The zero-order valence-corrected chi connectivity index (χ0v) is 12.9. The average Bonchev–Trinajstić information content (AvgIpc) is 2.97. The highest BCUT2D eigenvalue weighted by Crippen LogP contribution is 2.41. The molecular formula is C15H26N2O3. The lowest BCUT2D eigenvalue weighted by Crippen LogP contribution is -2.34. The highest BCUT2D eigenvalue weighted by Gasteiger charge is 2.40. The summed E-state index contributed by atoms with van der Waals surface area (Å²) in [4.78, 5) is 4.51. The molecule has 1 aromatic heterocycles. The summed E-state index contributed by atoms with van der Waals surface area (Å²) in [6.07, 6.45) is 4.30. The molecule has 5 heteroatoms. The van der Waals surface area contributed by atoms with E-state index < -0.39 is 11.7 Å². The number of hydrogen-bond donors (Lipinski definition) is 1. The SMILES string of the molecule is CCC(O)C(C)c1nc(C2(OC)CCC(C)CC2)no1. The predicted octanol–water partition coefficient (Wildman–Crippen LogP) is 3.00. The van der Waals surface area contributed by atoms with E-state index in [4.69, 9.17) is 9.26 Å². The van der Waals surface area contributed by atoms with Crippen LogP contribution >= 0.6 is 0 Å². The largest absolute Gasteiger partial charge is 0.392 e. The molecule has 0 saturated heterocycles. The van der Waals surface area contributed by atoms with Crippen LogP contribution in [0.25, 0.3) is 0 Å². The van der Waals surface area contributed by atoms with Crippen LogP contribution in [0.3, 0.4) is 0 Å². The number of aromatic nitrogens is 2. The Morgan fingerprint density at radius 2 is 2.10 bits per heavy atom. The lowest BCUT2D eigenvalue weighted by Gasteiger charge is -2.35. The van der Waals surface area contributed by atoms with Gasteiger partial charge >= 0.3 is 0 Å². The van der Waals surface area contributed by atoms with Crippen molar-refractivity contribution in [3.8, 4) is 0 Å². The summed E-state index contributed by atoms with van der Waals surface area (Å²) in [5.41, 5.74) is -0.412. The molecule has 0 bridgehead atoms. The Kier molecular flexibility index (Phi) is 4.81. The highest BCUT2D eigenvalue weighted by atomic mass is 16.5. The van der Waals surface area contributed by atoms with Gasteiger partial charge in [0, 0.05) is 7.11 Å². The number of rotatable bonds is 5. The maximum absolute atomic E-state index is 9.90. The topological polar surface area (TPSA) is 68.4 Å². The van der Waals surface area contributed by atoms with E-state index in [-0.39, 0.29) is 5.92 Å². The molecule has 1 aliphatic carbocycles. The Labute approximate surface area is 120 Å². The quantitative estimate of drug-likeness (QED) is 0.899. The summed E-state index contributed by atoms with van der Waals surface area (Å²) >= 11 is 0. The molecule has 1 aliphatic rings. The summed E-state index contributed by atoms with van der Waals surface area (Å²) < 4.78 is 11.1. The van der Waals surface area contributed by atoms with E-state index in [1.165, 1.54) is 0 Å². The standard InChI is InChI=1S/C15H26N2O3/c1-5-12(18)11(3)13-16-14(17-20-13)15(19-4)8-6-10(2)7-9-15/h10-12,18H,5-9H2,1-4H3. The van der Waals surface area contributed by atoms with Crippen molar-refractivity contribution in [1.82, 2.24) is 10.1 Å². The molecule has 5 nitrogen and oxygen atoms in total. The fraction of sp³-hybridized carbons (Fsp3) is 0.867. The van der Waals surface area contributed by atoms with Crippen molar-refractivity contribution in [3.05, 3.63) is 11.7 Å². The number of aliphatic hydroxyl groups excluding tert-OH is 1. The zero-order chi connectivity index (χ0) is 14.8. The smallest absolute Gasteiger partial charge is 0.232 e. The van der Waals surface area contributed by atoms with Gasteiger partial charge < -0.3 is 14.4 Å². The number of hydrogen-bond acceptors (Lipinski definition) is 5. The van der Waals surface area contributed by atoms with Crippen molar-refractivity contribution < 1.29 is 14.4 Å². The van der Waals surface area contributed by atoms with Crippen molar-refractivity contribution in [2.75, 3.05) is 7.11 Å². The third-order valence-electron chi connectivity index (χ3n) is 4.71. The molecule has 2 rings (SSSR count). The van der Waals surface area contributed by atoms with E-state index in [1.54, 1.807) is 7.11 Å². The first-order valence-electron chi connectivity index (χ1n) is 7.59. The molecule has 1 N–H and O–H groups in total. The van der Waals surface area contributed by atoms with Gasteiger partial charge in [0.1, 0.15) is 5.60 Å². The van der Waals surface area contributed by atoms with Crippen LogP contribution in [-0.2, 0) is 10.3 Å². The molecule has 1 fully saturated rings. The number of aliphatic hydroxyl groups is 1.